The minimum Gasteiger partial charge on any atom is -0.481 e. The molecule has 0 spiro atoms. The molecule has 0 saturated heterocycles. The van der Waals surface area contributed by atoms with Crippen molar-refractivity contribution in [1.29, 1.82) is 0 Å². The van der Waals surface area contributed by atoms with Crippen LogP contribution in [0.2, 0.25) is 0 Å². The predicted octanol–water partition coefficient (Wildman–Crippen LogP) is 3.08. The summed E-state index contributed by atoms with van der Waals surface area (Å²) in [7, 11) is 1.43. The molecule has 2 aromatic rings. The maximum absolute atomic E-state index is 12.3. The first-order valence-electron chi connectivity index (χ1n) is 7.56. The van der Waals surface area contributed by atoms with Gasteiger partial charge in [0, 0.05) is 17.2 Å². The first-order valence-corrected chi connectivity index (χ1v) is 8.35. The van der Waals surface area contributed by atoms with Crippen LogP contribution in [-0.2, 0) is 4.79 Å². The van der Waals surface area contributed by atoms with Gasteiger partial charge in [-0.1, -0.05) is 15.9 Å². The number of fused-ring (bicyclic) bond motifs is 1. The lowest BCUT2D eigenvalue weighted by Crippen LogP contribution is -2.30. The molecule has 7 heteroatoms. The summed E-state index contributed by atoms with van der Waals surface area (Å²) >= 11 is 3.33. The number of halogens is 1. The molecule has 2 aromatic carbocycles. The van der Waals surface area contributed by atoms with Gasteiger partial charge in [0.05, 0.1) is 11.1 Å². The van der Waals surface area contributed by atoms with Crippen molar-refractivity contribution in [3.8, 4) is 5.75 Å². The van der Waals surface area contributed by atoms with E-state index in [4.69, 9.17) is 4.74 Å². The SMILES string of the molecule is C[C@H](Oc1ccc(Br)cc1)C(=O)Nc1ccc2c(c1)C(=O)N(C)C2=O. The Balaban J connectivity index is 1.70. The van der Waals surface area contributed by atoms with Gasteiger partial charge in [0.2, 0.25) is 0 Å². The number of imide groups is 1. The summed E-state index contributed by atoms with van der Waals surface area (Å²) in [6.45, 7) is 1.63. The molecule has 0 aliphatic carbocycles. The van der Waals surface area contributed by atoms with Crippen LogP contribution in [0.15, 0.2) is 46.9 Å². The van der Waals surface area contributed by atoms with Crippen LogP contribution < -0.4 is 10.1 Å². The highest BCUT2D eigenvalue weighted by Crippen LogP contribution is 2.25. The van der Waals surface area contributed by atoms with Gasteiger partial charge in [0.15, 0.2) is 6.10 Å². The maximum Gasteiger partial charge on any atom is 0.265 e. The van der Waals surface area contributed by atoms with Crippen molar-refractivity contribution in [2.75, 3.05) is 12.4 Å². The molecule has 1 aliphatic heterocycles. The quantitative estimate of drug-likeness (QED) is 0.797. The molecule has 0 unspecified atom stereocenters. The summed E-state index contributed by atoms with van der Waals surface area (Å²) < 4.78 is 6.51. The summed E-state index contributed by atoms with van der Waals surface area (Å²) in [5.41, 5.74) is 1.06. The molecule has 1 atom stereocenters. The van der Waals surface area contributed by atoms with Gasteiger partial charge in [-0.15, -0.1) is 0 Å². The molecule has 6 nitrogen and oxygen atoms in total. The van der Waals surface area contributed by atoms with E-state index in [2.05, 4.69) is 21.2 Å². The molecule has 3 rings (SSSR count). The lowest BCUT2D eigenvalue weighted by molar-refractivity contribution is -0.122. The average molecular weight is 403 g/mol. The first kappa shape index (κ1) is 17.2. The molecule has 1 heterocycles. The van der Waals surface area contributed by atoms with E-state index in [9.17, 15) is 14.4 Å². The standard InChI is InChI=1S/C18H15BrN2O4/c1-10(25-13-6-3-11(19)4-7-13)16(22)20-12-5-8-14-15(9-12)18(24)21(2)17(14)23/h3-10H,1-2H3,(H,20,22)/t10-/m0/s1. The number of nitrogens with one attached hydrogen (secondary N) is 1. The molecule has 0 fully saturated rings. The third-order valence-electron chi connectivity index (χ3n) is 3.85. The van der Waals surface area contributed by atoms with Gasteiger partial charge < -0.3 is 10.1 Å². The Kier molecular flexibility index (Phi) is 4.59. The number of hydrogen-bond donors (Lipinski definition) is 1. The van der Waals surface area contributed by atoms with Crippen LogP contribution in [0, 0.1) is 0 Å². The number of carbonyl (C=O) groups is 3. The Morgan fingerprint density at radius 2 is 1.72 bits per heavy atom. The molecule has 1 aliphatic rings. The Morgan fingerprint density at radius 3 is 2.40 bits per heavy atom. The predicted molar refractivity (Wildman–Crippen MR) is 95.7 cm³/mol. The van der Waals surface area contributed by atoms with E-state index in [0.29, 0.717) is 17.0 Å². The van der Waals surface area contributed by atoms with Crippen LogP contribution >= 0.6 is 15.9 Å². The molecule has 0 saturated carbocycles. The Bertz CT molecular complexity index is 864. The zero-order valence-corrected chi connectivity index (χ0v) is 15.2. The second kappa shape index (κ2) is 6.68. The van der Waals surface area contributed by atoms with E-state index in [-0.39, 0.29) is 23.3 Å². The van der Waals surface area contributed by atoms with Crippen LogP contribution in [0.3, 0.4) is 0 Å². The summed E-state index contributed by atoms with van der Waals surface area (Å²) in [6, 6.07) is 11.8. The summed E-state index contributed by atoms with van der Waals surface area (Å²) in [4.78, 5) is 37.2. The number of ether oxygens (including phenoxy) is 1. The van der Waals surface area contributed by atoms with Crippen molar-refractivity contribution >= 4 is 39.3 Å². The first-order chi connectivity index (χ1) is 11.9. The van der Waals surface area contributed by atoms with Gasteiger partial charge in [0.1, 0.15) is 5.75 Å². The molecule has 25 heavy (non-hydrogen) atoms. The highest BCUT2D eigenvalue weighted by Gasteiger charge is 2.32. The van der Waals surface area contributed by atoms with Gasteiger partial charge in [-0.25, -0.2) is 0 Å². The Morgan fingerprint density at radius 1 is 1.08 bits per heavy atom. The summed E-state index contributed by atoms with van der Waals surface area (Å²) in [5, 5.41) is 2.70. The smallest absolute Gasteiger partial charge is 0.265 e. The molecule has 3 amide bonds. The number of rotatable bonds is 4. The van der Waals surface area contributed by atoms with Gasteiger partial charge in [0.25, 0.3) is 17.7 Å². The van der Waals surface area contributed by atoms with Crippen molar-refractivity contribution in [1.82, 2.24) is 4.90 Å². The lowest BCUT2D eigenvalue weighted by atomic mass is 10.1. The number of anilines is 1. The summed E-state index contributed by atoms with van der Waals surface area (Å²) in [5.74, 6) is -0.504. The average Bonchev–Trinajstić information content (AvgIpc) is 2.81. The fourth-order valence-corrected chi connectivity index (χ4v) is 2.72. The second-order valence-electron chi connectivity index (χ2n) is 5.63. The zero-order valence-electron chi connectivity index (χ0n) is 13.6. The number of benzene rings is 2. The van der Waals surface area contributed by atoms with Gasteiger partial charge >= 0.3 is 0 Å². The van der Waals surface area contributed by atoms with Crippen LogP contribution in [0.1, 0.15) is 27.6 Å². The van der Waals surface area contributed by atoms with Crippen LogP contribution in [0.4, 0.5) is 5.69 Å². The van der Waals surface area contributed by atoms with E-state index < -0.39 is 6.10 Å². The van der Waals surface area contributed by atoms with Crippen molar-refractivity contribution in [2.45, 2.75) is 13.0 Å². The molecular weight excluding hydrogens is 388 g/mol. The maximum atomic E-state index is 12.3. The molecule has 128 valence electrons. The third-order valence-corrected chi connectivity index (χ3v) is 4.38. The van der Waals surface area contributed by atoms with Gasteiger partial charge in [-0.2, -0.15) is 0 Å². The fourth-order valence-electron chi connectivity index (χ4n) is 2.45. The van der Waals surface area contributed by atoms with Crippen LogP contribution in [0.5, 0.6) is 5.75 Å². The number of hydrogen-bond acceptors (Lipinski definition) is 4. The molecular formula is C18H15BrN2O4. The van der Waals surface area contributed by atoms with E-state index >= 15 is 0 Å². The van der Waals surface area contributed by atoms with Crippen molar-refractivity contribution in [2.24, 2.45) is 0 Å². The van der Waals surface area contributed by atoms with Gasteiger partial charge in [-0.05, 0) is 49.4 Å². The number of nitrogens with zero attached hydrogens (tertiary/aromatic N) is 1. The zero-order chi connectivity index (χ0) is 18.1. The third kappa shape index (κ3) is 3.41. The van der Waals surface area contributed by atoms with Crippen molar-refractivity contribution < 1.29 is 19.1 Å². The number of carbonyl (C=O) groups excluding carboxylic acids is 3. The molecule has 0 radical (unpaired) electrons. The molecule has 0 bridgehead atoms. The highest BCUT2D eigenvalue weighted by atomic mass is 79.9. The second-order valence-corrected chi connectivity index (χ2v) is 6.55. The van der Waals surface area contributed by atoms with Gasteiger partial charge in [-0.3, -0.25) is 19.3 Å². The Hall–Kier alpha value is -2.67. The summed E-state index contributed by atoms with van der Waals surface area (Å²) in [6.07, 6.45) is -0.727. The molecule has 0 aromatic heterocycles. The fraction of sp³-hybridized carbons (Fsp3) is 0.167. The van der Waals surface area contributed by atoms with E-state index in [0.717, 1.165) is 9.37 Å². The molecule has 1 N–H and O–H groups in total. The van der Waals surface area contributed by atoms with E-state index in [1.807, 2.05) is 12.1 Å². The topological polar surface area (TPSA) is 75.7 Å². The minimum atomic E-state index is -0.727. The van der Waals surface area contributed by atoms with Crippen molar-refractivity contribution in [3.05, 3.63) is 58.1 Å². The highest BCUT2D eigenvalue weighted by molar-refractivity contribution is 9.10. The van der Waals surface area contributed by atoms with Crippen LogP contribution in [-0.4, -0.2) is 35.8 Å². The number of amides is 3. The Labute approximate surface area is 152 Å². The lowest BCUT2D eigenvalue weighted by Gasteiger charge is -2.15. The van der Waals surface area contributed by atoms with Crippen molar-refractivity contribution in [3.63, 3.8) is 0 Å². The minimum absolute atomic E-state index is 0.284. The van der Waals surface area contributed by atoms with E-state index in [1.165, 1.54) is 19.2 Å². The largest absolute Gasteiger partial charge is 0.481 e. The monoisotopic (exact) mass is 402 g/mol. The normalized spacial score (nSPS) is 14.3. The van der Waals surface area contributed by atoms with Crippen LogP contribution in [0.25, 0.3) is 0 Å². The van der Waals surface area contributed by atoms with E-state index in [1.54, 1.807) is 25.1 Å².